The number of carbonyl (C=O) groups excluding carboxylic acids is 2. The highest BCUT2D eigenvalue weighted by Crippen LogP contribution is 2.34. The Morgan fingerprint density at radius 1 is 0.936 bits per heavy atom. The van der Waals surface area contributed by atoms with Crippen molar-refractivity contribution < 1.29 is 9.59 Å². The van der Waals surface area contributed by atoms with Gasteiger partial charge in [0.2, 0.25) is 5.91 Å². The number of rotatable bonds is 13. The van der Waals surface area contributed by atoms with E-state index in [1.54, 1.807) is 4.68 Å². The first-order valence-electron chi connectivity index (χ1n) is 16.8. The third-order valence-corrected chi connectivity index (χ3v) is 8.86. The van der Waals surface area contributed by atoms with E-state index in [0.29, 0.717) is 25.3 Å². The molecule has 0 bridgehead atoms. The average Bonchev–Trinajstić information content (AvgIpc) is 3.82. The van der Waals surface area contributed by atoms with Crippen molar-refractivity contribution in [2.24, 2.45) is 18.7 Å². The van der Waals surface area contributed by atoms with Crippen LogP contribution in [0.25, 0.3) is 11.1 Å². The molecule has 8 nitrogen and oxygen atoms in total. The van der Waals surface area contributed by atoms with Crippen molar-refractivity contribution in [2.75, 3.05) is 23.8 Å². The Hall–Kier alpha value is -4.43. The molecule has 0 aliphatic heterocycles. The summed E-state index contributed by atoms with van der Waals surface area (Å²) in [6, 6.07) is 24.7. The largest absolute Gasteiger partial charge is 0.373 e. The number of hydrogen-bond donors (Lipinski definition) is 2. The molecule has 0 unspecified atom stereocenters. The third-order valence-electron chi connectivity index (χ3n) is 8.86. The minimum Gasteiger partial charge on any atom is -0.373 e. The van der Waals surface area contributed by atoms with Crippen molar-refractivity contribution in [1.29, 1.82) is 0 Å². The highest BCUT2D eigenvalue weighted by Gasteiger charge is 2.33. The lowest BCUT2D eigenvalue weighted by Crippen LogP contribution is -2.31. The lowest BCUT2D eigenvalue weighted by atomic mass is 9.92. The van der Waals surface area contributed by atoms with E-state index in [4.69, 9.17) is 5.73 Å². The van der Waals surface area contributed by atoms with E-state index in [0.717, 1.165) is 77.1 Å². The summed E-state index contributed by atoms with van der Waals surface area (Å²) in [5.74, 6) is 0.139. The predicted octanol–water partition coefficient (Wildman–Crippen LogP) is 7.27. The molecule has 1 heterocycles. The van der Waals surface area contributed by atoms with Crippen LogP contribution in [0.5, 0.6) is 0 Å². The van der Waals surface area contributed by atoms with Gasteiger partial charge in [-0.2, -0.15) is 5.10 Å². The van der Waals surface area contributed by atoms with Gasteiger partial charge in [0.15, 0.2) is 0 Å². The maximum absolute atomic E-state index is 13.7. The molecule has 47 heavy (non-hydrogen) atoms. The Kier molecular flexibility index (Phi) is 10.5. The molecule has 2 amide bonds. The number of unbranched alkanes of at least 4 members (excludes halogenated alkanes) is 1. The van der Waals surface area contributed by atoms with E-state index in [1.165, 1.54) is 0 Å². The van der Waals surface area contributed by atoms with Gasteiger partial charge in [-0.05, 0) is 71.3 Å². The summed E-state index contributed by atoms with van der Waals surface area (Å²) in [7, 11) is 3.88. The number of aryl methyl sites for hydroxylation is 1. The molecule has 248 valence electrons. The van der Waals surface area contributed by atoms with Crippen LogP contribution >= 0.6 is 0 Å². The molecule has 3 N–H and O–H groups in total. The highest BCUT2D eigenvalue weighted by molar-refractivity contribution is 6.05. The van der Waals surface area contributed by atoms with E-state index in [2.05, 4.69) is 98.6 Å². The molecule has 1 aromatic heterocycles. The Morgan fingerprint density at radius 2 is 1.60 bits per heavy atom. The molecule has 0 atom stereocenters. The standard InChI is InChI=1S/C39H50N6O2/c1-7-8-19-43(5)34-18-17-32(22-33(34)41-37(46)35-23-36(39(2,3)4)42-44(35)6)31-14-10-13-29(21-31)26-45(38(47)30-15-16-30)25-28-12-9-11-27(20-28)24-40/h9-14,17-18,20-23,30H,7-8,15-16,19,24-26,40H2,1-6H3,(H,41,46). The quantitative estimate of drug-likeness (QED) is 0.161. The lowest BCUT2D eigenvalue weighted by molar-refractivity contribution is -0.133. The van der Waals surface area contributed by atoms with Crippen LogP contribution in [-0.4, -0.2) is 40.1 Å². The fourth-order valence-corrected chi connectivity index (χ4v) is 5.84. The molecular weight excluding hydrogens is 584 g/mol. The van der Waals surface area contributed by atoms with Crippen molar-refractivity contribution in [3.8, 4) is 11.1 Å². The number of amides is 2. The van der Waals surface area contributed by atoms with Gasteiger partial charge in [0.05, 0.1) is 17.1 Å². The van der Waals surface area contributed by atoms with Gasteiger partial charge in [-0.25, -0.2) is 0 Å². The van der Waals surface area contributed by atoms with Gasteiger partial charge in [0.25, 0.3) is 5.91 Å². The van der Waals surface area contributed by atoms with E-state index in [9.17, 15) is 9.59 Å². The average molecular weight is 635 g/mol. The van der Waals surface area contributed by atoms with Crippen LogP contribution in [-0.2, 0) is 36.9 Å². The van der Waals surface area contributed by atoms with E-state index >= 15 is 0 Å². The number of benzene rings is 3. The minimum atomic E-state index is -0.195. The van der Waals surface area contributed by atoms with E-state index < -0.39 is 0 Å². The zero-order chi connectivity index (χ0) is 33.7. The Morgan fingerprint density at radius 3 is 2.23 bits per heavy atom. The monoisotopic (exact) mass is 634 g/mol. The lowest BCUT2D eigenvalue weighted by Gasteiger charge is -2.24. The van der Waals surface area contributed by atoms with Gasteiger partial charge >= 0.3 is 0 Å². The maximum atomic E-state index is 13.7. The van der Waals surface area contributed by atoms with E-state index in [-0.39, 0.29) is 23.1 Å². The molecule has 1 aliphatic rings. The van der Waals surface area contributed by atoms with Gasteiger partial charge in [-0.1, -0.05) is 82.6 Å². The molecule has 0 spiro atoms. The zero-order valence-corrected chi connectivity index (χ0v) is 28.8. The first-order chi connectivity index (χ1) is 22.5. The molecule has 3 aromatic carbocycles. The second-order valence-corrected chi connectivity index (χ2v) is 13.9. The Bertz CT molecular complexity index is 1710. The number of nitrogens with zero attached hydrogens (tertiary/aromatic N) is 4. The summed E-state index contributed by atoms with van der Waals surface area (Å²) < 4.78 is 1.66. The smallest absolute Gasteiger partial charge is 0.273 e. The molecule has 1 fully saturated rings. The molecule has 8 heteroatoms. The fourth-order valence-electron chi connectivity index (χ4n) is 5.84. The maximum Gasteiger partial charge on any atom is 0.273 e. The summed E-state index contributed by atoms with van der Waals surface area (Å²) in [5, 5.41) is 7.83. The van der Waals surface area contributed by atoms with Gasteiger partial charge in [0, 0.05) is 51.6 Å². The summed E-state index contributed by atoms with van der Waals surface area (Å²) in [4.78, 5) is 31.2. The number of carbonyl (C=O) groups is 2. The summed E-state index contributed by atoms with van der Waals surface area (Å²) in [6.45, 7) is 10.9. The van der Waals surface area contributed by atoms with Crippen LogP contribution in [0, 0.1) is 5.92 Å². The van der Waals surface area contributed by atoms with Crippen molar-refractivity contribution in [1.82, 2.24) is 14.7 Å². The van der Waals surface area contributed by atoms with Crippen LogP contribution in [0.15, 0.2) is 72.8 Å². The van der Waals surface area contributed by atoms with Crippen LogP contribution in [0.3, 0.4) is 0 Å². The first kappa shape index (κ1) is 33.9. The predicted molar refractivity (Wildman–Crippen MR) is 191 cm³/mol. The molecule has 0 radical (unpaired) electrons. The number of anilines is 2. The molecule has 4 aromatic rings. The van der Waals surface area contributed by atoms with Crippen LogP contribution in [0.4, 0.5) is 11.4 Å². The number of nitrogens with one attached hydrogen (secondary N) is 1. The van der Waals surface area contributed by atoms with Crippen LogP contribution in [0.1, 0.15) is 86.3 Å². The first-order valence-corrected chi connectivity index (χ1v) is 16.8. The van der Waals surface area contributed by atoms with Gasteiger partial charge in [-0.3, -0.25) is 14.3 Å². The normalized spacial score (nSPS) is 13.0. The summed E-state index contributed by atoms with van der Waals surface area (Å²) in [6.07, 6.45) is 4.06. The van der Waals surface area contributed by atoms with Crippen molar-refractivity contribution in [3.05, 3.63) is 101 Å². The van der Waals surface area contributed by atoms with Crippen molar-refractivity contribution >= 4 is 23.2 Å². The third kappa shape index (κ3) is 8.49. The fraction of sp³-hybridized carbons (Fsp3) is 0.410. The summed E-state index contributed by atoms with van der Waals surface area (Å²) in [5.41, 5.74) is 14.1. The van der Waals surface area contributed by atoms with E-state index in [1.807, 2.05) is 36.2 Å². The SMILES string of the molecule is CCCCN(C)c1ccc(-c2cccc(CN(Cc3cccc(CN)c3)C(=O)C3CC3)c2)cc1NC(=O)c1cc(C(C)(C)C)nn1C. The second kappa shape index (κ2) is 14.6. The zero-order valence-electron chi connectivity index (χ0n) is 28.8. The summed E-state index contributed by atoms with van der Waals surface area (Å²) >= 11 is 0. The van der Waals surface area contributed by atoms with Gasteiger partial charge in [-0.15, -0.1) is 0 Å². The molecule has 1 saturated carbocycles. The highest BCUT2D eigenvalue weighted by atomic mass is 16.2. The molecule has 0 saturated heterocycles. The van der Waals surface area contributed by atoms with Gasteiger partial charge in [0.1, 0.15) is 5.69 Å². The second-order valence-electron chi connectivity index (χ2n) is 13.9. The minimum absolute atomic E-state index is 0.123. The van der Waals surface area contributed by atoms with Gasteiger partial charge < -0.3 is 20.9 Å². The Balaban J connectivity index is 1.43. The van der Waals surface area contributed by atoms with Crippen molar-refractivity contribution in [3.63, 3.8) is 0 Å². The van der Waals surface area contributed by atoms with Crippen LogP contribution < -0.4 is 16.0 Å². The number of nitrogens with two attached hydrogens (primary N) is 1. The van der Waals surface area contributed by atoms with Crippen LogP contribution in [0.2, 0.25) is 0 Å². The number of aromatic nitrogens is 2. The molecular formula is C39H50N6O2. The molecule has 5 rings (SSSR count). The topological polar surface area (TPSA) is 96.5 Å². The van der Waals surface area contributed by atoms with Crippen molar-refractivity contribution in [2.45, 2.75) is 78.4 Å². The Labute approximate surface area is 280 Å². The number of hydrogen-bond acceptors (Lipinski definition) is 5. The molecule has 1 aliphatic carbocycles.